The van der Waals surface area contributed by atoms with Crippen LogP contribution in [0.1, 0.15) is 42.1 Å². The van der Waals surface area contributed by atoms with Crippen LogP contribution in [0.15, 0.2) is 18.2 Å². The molecule has 1 amide bonds. The van der Waals surface area contributed by atoms with Gasteiger partial charge in [0.25, 0.3) is 5.91 Å². The number of carbonyl (C=O) groups is 1. The van der Waals surface area contributed by atoms with Crippen molar-refractivity contribution in [3.8, 4) is 0 Å². The maximum absolute atomic E-state index is 13.6. The molecule has 1 aliphatic rings. The second-order valence-corrected chi connectivity index (χ2v) is 5.39. The van der Waals surface area contributed by atoms with Crippen molar-refractivity contribution in [2.45, 2.75) is 45.2 Å². The average molecular weight is 264 g/mol. The van der Waals surface area contributed by atoms with Crippen LogP contribution < -0.4 is 10.6 Å². The molecule has 2 atom stereocenters. The van der Waals surface area contributed by atoms with Crippen molar-refractivity contribution < 1.29 is 9.18 Å². The first-order valence-electron chi connectivity index (χ1n) is 6.86. The molecule has 3 nitrogen and oxygen atoms in total. The lowest BCUT2D eigenvalue weighted by Gasteiger charge is -2.28. The van der Waals surface area contributed by atoms with E-state index in [0.29, 0.717) is 18.6 Å². The zero-order chi connectivity index (χ0) is 13.8. The molecule has 1 saturated heterocycles. The molecule has 2 N–H and O–H groups in total. The zero-order valence-corrected chi connectivity index (χ0v) is 11.5. The van der Waals surface area contributed by atoms with E-state index in [1.807, 2.05) is 6.92 Å². The number of benzene rings is 1. The SMILES string of the molecule is Cc1ccc(F)c(C(=O)NCC2CCCC(C)N2)c1. The van der Waals surface area contributed by atoms with Gasteiger partial charge in [0, 0.05) is 18.6 Å². The zero-order valence-electron chi connectivity index (χ0n) is 11.5. The Labute approximate surface area is 113 Å². The van der Waals surface area contributed by atoms with Crippen LogP contribution in [-0.2, 0) is 0 Å². The molecule has 0 radical (unpaired) electrons. The van der Waals surface area contributed by atoms with Gasteiger partial charge in [-0.1, -0.05) is 18.1 Å². The third kappa shape index (κ3) is 3.77. The van der Waals surface area contributed by atoms with Crippen LogP contribution in [-0.4, -0.2) is 24.5 Å². The third-order valence-corrected chi connectivity index (χ3v) is 3.59. The van der Waals surface area contributed by atoms with Crippen LogP contribution in [0, 0.1) is 12.7 Å². The Hall–Kier alpha value is -1.42. The van der Waals surface area contributed by atoms with E-state index >= 15 is 0 Å². The van der Waals surface area contributed by atoms with Crippen molar-refractivity contribution in [3.05, 3.63) is 35.1 Å². The second-order valence-electron chi connectivity index (χ2n) is 5.39. The predicted molar refractivity (Wildman–Crippen MR) is 73.7 cm³/mol. The monoisotopic (exact) mass is 264 g/mol. The molecule has 2 rings (SSSR count). The largest absolute Gasteiger partial charge is 0.350 e. The van der Waals surface area contributed by atoms with Crippen LogP contribution in [0.2, 0.25) is 0 Å². The number of carbonyl (C=O) groups excluding carboxylic acids is 1. The number of rotatable bonds is 3. The molecular formula is C15H21FN2O. The van der Waals surface area contributed by atoms with E-state index in [1.165, 1.54) is 18.9 Å². The summed E-state index contributed by atoms with van der Waals surface area (Å²) in [7, 11) is 0. The fourth-order valence-corrected chi connectivity index (χ4v) is 2.52. The number of aryl methyl sites for hydroxylation is 1. The Morgan fingerprint density at radius 1 is 1.47 bits per heavy atom. The molecule has 0 bridgehead atoms. The minimum Gasteiger partial charge on any atom is -0.350 e. The first-order chi connectivity index (χ1) is 9.06. The summed E-state index contributed by atoms with van der Waals surface area (Å²) in [5.41, 5.74) is 1.01. The van der Waals surface area contributed by atoms with E-state index in [1.54, 1.807) is 12.1 Å². The highest BCUT2D eigenvalue weighted by atomic mass is 19.1. The molecule has 1 fully saturated rings. The molecule has 104 valence electrons. The summed E-state index contributed by atoms with van der Waals surface area (Å²) in [5.74, 6) is -0.797. The van der Waals surface area contributed by atoms with Crippen molar-refractivity contribution in [1.29, 1.82) is 0 Å². The first kappa shape index (κ1) is 14.0. The van der Waals surface area contributed by atoms with Gasteiger partial charge in [-0.2, -0.15) is 0 Å². The van der Waals surface area contributed by atoms with Crippen molar-refractivity contribution in [2.75, 3.05) is 6.54 Å². The molecule has 1 heterocycles. The molecule has 0 spiro atoms. The maximum atomic E-state index is 13.6. The van der Waals surface area contributed by atoms with Crippen molar-refractivity contribution in [1.82, 2.24) is 10.6 Å². The van der Waals surface area contributed by atoms with E-state index in [4.69, 9.17) is 0 Å². The van der Waals surface area contributed by atoms with E-state index in [2.05, 4.69) is 17.6 Å². The molecule has 4 heteroatoms. The molecule has 0 saturated carbocycles. The Morgan fingerprint density at radius 3 is 3.00 bits per heavy atom. The Balaban J connectivity index is 1.92. The molecule has 19 heavy (non-hydrogen) atoms. The van der Waals surface area contributed by atoms with Crippen LogP contribution in [0.4, 0.5) is 4.39 Å². The van der Waals surface area contributed by atoms with Crippen molar-refractivity contribution in [2.24, 2.45) is 0 Å². The number of amides is 1. The lowest BCUT2D eigenvalue weighted by atomic mass is 9.99. The Morgan fingerprint density at radius 2 is 2.26 bits per heavy atom. The summed E-state index contributed by atoms with van der Waals surface area (Å²) in [6.07, 6.45) is 3.41. The van der Waals surface area contributed by atoms with E-state index in [9.17, 15) is 9.18 Å². The van der Waals surface area contributed by atoms with Gasteiger partial charge in [-0.15, -0.1) is 0 Å². The molecule has 1 aliphatic heterocycles. The number of halogens is 1. The normalized spacial score (nSPS) is 23.1. The second kappa shape index (κ2) is 6.15. The van der Waals surface area contributed by atoms with Crippen molar-refractivity contribution in [3.63, 3.8) is 0 Å². The van der Waals surface area contributed by atoms with Crippen LogP contribution >= 0.6 is 0 Å². The van der Waals surface area contributed by atoms with Crippen LogP contribution in [0.5, 0.6) is 0 Å². The molecule has 1 aromatic carbocycles. The number of piperidine rings is 1. The molecule has 0 aliphatic carbocycles. The van der Waals surface area contributed by atoms with Gasteiger partial charge in [-0.05, 0) is 38.8 Å². The molecule has 1 aromatic rings. The smallest absolute Gasteiger partial charge is 0.254 e. The van der Waals surface area contributed by atoms with Gasteiger partial charge in [0.15, 0.2) is 0 Å². The van der Waals surface area contributed by atoms with E-state index < -0.39 is 5.82 Å². The third-order valence-electron chi connectivity index (χ3n) is 3.59. The van der Waals surface area contributed by atoms with Gasteiger partial charge in [-0.25, -0.2) is 4.39 Å². The summed E-state index contributed by atoms with van der Waals surface area (Å²) in [6, 6.07) is 5.37. The Bertz CT molecular complexity index is 461. The predicted octanol–water partition coefficient (Wildman–Crippen LogP) is 2.39. The summed E-state index contributed by atoms with van der Waals surface area (Å²) in [6.45, 7) is 4.55. The lowest BCUT2D eigenvalue weighted by Crippen LogP contribution is -2.47. The first-order valence-corrected chi connectivity index (χ1v) is 6.86. The topological polar surface area (TPSA) is 41.1 Å². The van der Waals surface area contributed by atoms with Gasteiger partial charge in [0.05, 0.1) is 5.56 Å². The van der Waals surface area contributed by atoms with E-state index in [0.717, 1.165) is 12.0 Å². The fraction of sp³-hybridized carbons (Fsp3) is 0.533. The fourth-order valence-electron chi connectivity index (χ4n) is 2.52. The standard InChI is InChI=1S/C15H21FN2O/c1-10-6-7-14(16)13(8-10)15(19)17-9-12-5-3-4-11(2)18-12/h6-8,11-12,18H,3-5,9H2,1-2H3,(H,17,19). The molecular weight excluding hydrogens is 243 g/mol. The Kier molecular flexibility index (Phi) is 4.53. The van der Waals surface area contributed by atoms with Gasteiger partial charge in [0.2, 0.25) is 0 Å². The summed E-state index contributed by atoms with van der Waals surface area (Å²) in [4.78, 5) is 12.0. The number of hydrogen-bond donors (Lipinski definition) is 2. The highest BCUT2D eigenvalue weighted by molar-refractivity contribution is 5.94. The van der Waals surface area contributed by atoms with Crippen LogP contribution in [0.3, 0.4) is 0 Å². The highest BCUT2D eigenvalue weighted by Crippen LogP contribution is 2.13. The number of nitrogens with one attached hydrogen (secondary N) is 2. The highest BCUT2D eigenvalue weighted by Gasteiger charge is 2.19. The minimum absolute atomic E-state index is 0.129. The molecule has 0 aromatic heterocycles. The summed E-state index contributed by atoms with van der Waals surface area (Å²) >= 11 is 0. The van der Waals surface area contributed by atoms with Gasteiger partial charge in [0.1, 0.15) is 5.82 Å². The molecule has 2 unspecified atom stereocenters. The van der Waals surface area contributed by atoms with Crippen LogP contribution in [0.25, 0.3) is 0 Å². The van der Waals surface area contributed by atoms with Crippen molar-refractivity contribution >= 4 is 5.91 Å². The van der Waals surface area contributed by atoms with E-state index in [-0.39, 0.29) is 11.5 Å². The van der Waals surface area contributed by atoms with Gasteiger partial charge in [-0.3, -0.25) is 4.79 Å². The summed E-state index contributed by atoms with van der Waals surface area (Å²) < 4.78 is 13.6. The van der Waals surface area contributed by atoms with Gasteiger partial charge < -0.3 is 10.6 Å². The minimum atomic E-state index is -0.465. The number of hydrogen-bond acceptors (Lipinski definition) is 2. The average Bonchev–Trinajstić information content (AvgIpc) is 2.39. The summed E-state index contributed by atoms with van der Waals surface area (Å²) in [5, 5.41) is 6.26. The maximum Gasteiger partial charge on any atom is 0.254 e. The lowest BCUT2D eigenvalue weighted by molar-refractivity contribution is 0.0942. The van der Waals surface area contributed by atoms with Gasteiger partial charge >= 0.3 is 0 Å². The quantitative estimate of drug-likeness (QED) is 0.880.